The Bertz CT molecular complexity index is 404. The molecule has 0 saturated carbocycles. The van der Waals surface area contributed by atoms with Gasteiger partial charge in [0, 0.05) is 26.1 Å². The summed E-state index contributed by atoms with van der Waals surface area (Å²) in [5, 5.41) is 6.53. The number of aryl methyl sites for hydroxylation is 1. The van der Waals surface area contributed by atoms with Gasteiger partial charge in [0.1, 0.15) is 17.5 Å². The molecule has 2 unspecified atom stereocenters. The van der Waals surface area contributed by atoms with Crippen molar-refractivity contribution in [2.24, 2.45) is 0 Å². The first kappa shape index (κ1) is 14.1. The van der Waals surface area contributed by atoms with Crippen molar-refractivity contribution >= 4 is 11.6 Å². The van der Waals surface area contributed by atoms with Crippen LogP contribution in [0, 0.1) is 0 Å². The number of aromatic nitrogens is 2. The summed E-state index contributed by atoms with van der Waals surface area (Å²) in [7, 11) is 1.88. The van der Waals surface area contributed by atoms with E-state index in [9.17, 15) is 0 Å². The second-order valence-electron chi connectivity index (χ2n) is 5.04. The second-order valence-corrected chi connectivity index (χ2v) is 5.04. The summed E-state index contributed by atoms with van der Waals surface area (Å²) in [6, 6.07) is 2.22. The van der Waals surface area contributed by atoms with Crippen LogP contribution < -0.4 is 10.6 Å². The molecule has 2 atom stereocenters. The molecule has 19 heavy (non-hydrogen) atoms. The Hall–Kier alpha value is -1.36. The zero-order valence-corrected chi connectivity index (χ0v) is 12.1. The molecule has 1 aromatic heterocycles. The maximum Gasteiger partial charge on any atom is 0.133 e. The van der Waals surface area contributed by atoms with E-state index in [1.54, 1.807) is 0 Å². The highest BCUT2D eigenvalue weighted by Crippen LogP contribution is 2.19. The van der Waals surface area contributed by atoms with Gasteiger partial charge in [-0.1, -0.05) is 6.92 Å². The normalized spacial score (nSPS) is 20.3. The van der Waals surface area contributed by atoms with Crippen molar-refractivity contribution in [1.82, 2.24) is 9.97 Å². The van der Waals surface area contributed by atoms with E-state index in [0.717, 1.165) is 49.8 Å². The van der Waals surface area contributed by atoms with Crippen molar-refractivity contribution in [2.45, 2.75) is 51.7 Å². The number of nitrogens with one attached hydrogen (secondary N) is 2. The van der Waals surface area contributed by atoms with E-state index in [2.05, 4.69) is 34.4 Å². The number of hydrogen-bond donors (Lipinski definition) is 2. The van der Waals surface area contributed by atoms with Gasteiger partial charge < -0.3 is 15.4 Å². The highest BCUT2D eigenvalue weighted by atomic mass is 16.5. The lowest BCUT2D eigenvalue weighted by atomic mass is 10.1. The molecule has 0 amide bonds. The highest BCUT2D eigenvalue weighted by molar-refractivity contribution is 5.47. The van der Waals surface area contributed by atoms with Crippen molar-refractivity contribution in [2.75, 3.05) is 24.3 Å². The van der Waals surface area contributed by atoms with E-state index in [-0.39, 0.29) is 6.04 Å². The van der Waals surface area contributed by atoms with E-state index < -0.39 is 0 Å². The van der Waals surface area contributed by atoms with Crippen molar-refractivity contribution in [3.8, 4) is 0 Å². The Morgan fingerprint density at radius 1 is 1.42 bits per heavy atom. The Morgan fingerprint density at radius 2 is 2.21 bits per heavy atom. The molecular weight excluding hydrogens is 240 g/mol. The van der Waals surface area contributed by atoms with Crippen LogP contribution in [0.1, 0.15) is 38.9 Å². The smallest absolute Gasteiger partial charge is 0.133 e. The first-order valence-corrected chi connectivity index (χ1v) is 7.16. The number of rotatable bonds is 6. The zero-order chi connectivity index (χ0) is 13.7. The summed E-state index contributed by atoms with van der Waals surface area (Å²) in [5.41, 5.74) is 0. The molecule has 0 spiro atoms. The molecule has 2 N–H and O–H groups in total. The summed E-state index contributed by atoms with van der Waals surface area (Å²) in [6.07, 6.45) is 4.53. The maximum absolute atomic E-state index is 5.70. The summed E-state index contributed by atoms with van der Waals surface area (Å²) >= 11 is 0. The molecule has 1 fully saturated rings. The van der Waals surface area contributed by atoms with Crippen molar-refractivity contribution in [3.63, 3.8) is 0 Å². The summed E-state index contributed by atoms with van der Waals surface area (Å²) in [6.45, 7) is 5.16. The van der Waals surface area contributed by atoms with E-state index >= 15 is 0 Å². The first-order valence-electron chi connectivity index (χ1n) is 7.16. The van der Waals surface area contributed by atoms with Crippen LogP contribution in [0.15, 0.2) is 6.07 Å². The molecule has 0 aliphatic carbocycles. The van der Waals surface area contributed by atoms with Gasteiger partial charge in [-0.15, -0.1) is 0 Å². The van der Waals surface area contributed by atoms with Crippen molar-refractivity contribution in [1.29, 1.82) is 0 Å². The van der Waals surface area contributed by atoms with Gasteiger partial charge >= 0.3 is 0 Å². The van der Waals surface area contributed by atoms with Crippen LogP contribution >= 0.6 is 0 Å². The lowest BCUT2D eigenvalue weighted by Gasteiger charge is -2.21. The van der Waals surface area contributed by atoms with E-state index in [4.69, 9.17) is 4.74 Å². The standard InChI is InChI=1S/C14H24N4O/c1-4-6-12-17-13(15-3)9-14(18-12)16-10(2)11-7-5-8-19-11/h9-11H,4-8H2,1-3H3,(H2,15,16,17,18). The zero-order valence-electron chi connectivity index (χ0n) is 12.1. The fourth-order valence-electron chi connectivity index (χ4n) is 2.36. The maximum atomic E-state index is 5.70. The summed E-state index contributed by atoms with van der Waals surface area (Å²) < 4.78 is 5.70. The van der Waals surface area contributed by atoms with Gasteiger partial charge in [0.2, 0.25) is 0 Å². The minimum atomic E-state index is 0.275. The van der Waals surface area contributed by atoms with E-state index in [0.29, 0.717) is 6.10 Å². The summed E-state index contributed by atoms with van der Waals surface area (Å²) in [5.74, 6) is 2.63. The van der Waals surface area contributed by atoms with Crippen LogP contribution in [0.2, 0.25) is 0 Å². The predicted octanol–water partition coefficient (Wildman–Crippen LogP) is 2.45. The fourth-order valence-corrected chi connectivity index (χ4v) is 2.36. The van der Waals surface area contributed by atoms with Gasteiger partial charge in [-0.2, -0.15) is 0 Å². The van der Waals surface area contributed by atoms with Crippen LogP contribution in [0.3, 0.4) is 0 Å². The van der Waals surface area contributed by atoms with Gasteiger partial charge in [-0.3, -0.25) is 0 Å². The average Bonchev–Trinajstić information content (AvgIpc) is 2.92. The topological polar surface area (TPSA) is 59.1 Å². The molecule has 1 aromatic rings. The van der Waals surface area contributed by atoms with E-state index in [1.807, 2.05) is 13.1 Å². The van der Waals surface area contributed by atoms with Gasteiger partial charge in [0.05, 0.1) is 12.1 Å². The molecule has 0 bridgehead atoms. The Kier molecular flexibility index (Phi) is 4.96. The van der Waals surface area contributed by atoms with E-state index in [1.165, 1.54) is 0 Å². The van der Waals surface area contributed by atoms with Crippen LogP contribution in [0.25, 0.3) is 0 Å². The van der Waals surface area contributed by atoms with Gasteiger partial charge in [0.25, 0.3) is 0 Å². The molecule has 5 heteroatoms. The molecular formula is C14H24N4O. The third-order valence-electron chi connectivity index (χ3n) is 3.40. The summed E-state index contributed by atoms with van der Waals surface area (Å²) in [4.78, 5) is 9.02. The third kappa shape index (κ3) is 3.80. The highest BCUT2D eigenvalue weighted by Gasteiger charge is 2.22. The number of anilines is 2. The molecule has 1 saturated heterocycles. The quantitative estimate of drug-likeness (QED) is 0.826. The fraction of sp³-hybridized carbons (Fsp3) is 0.714. The van der Waals surface area contributed by atoms with Crippen molar-refractivity contribution in [3.05, 3.63) is 11.9 Å². The predicted molar refractivity (Wildman–Crippen MR) is 77.6 cm³/mol. The third-order valence-corrected chi connectivity index (χ3v) is 3.40. The first-order chi connectivity index (χ1) is 9.22. The van der Waals surface area contributed by atoms with Gasteiger partial charge in [-0.05, 0) is 26.2 Å². The van der Waals surface area contributed by atoms with Gasteiger partial charge in [-0.25, -0.2) is 9.97 Å². The minimum Gasteiger partial charge on any atom is -0.376 e. The molecule has 1 aliphatic rings. The van der Waals surface area contributed by atoms with Crippen LogP contribution in [0.5, 0.6) is 0 Å². The molecule has 1 aliphatic heterocycles. The average molecular weight is 264 g/mol. The number of hydrogen-bond acceptors (Lipinski definition) is 5. The number of ether oxygens (including phenoxy) is 1. The Morgan fingerprint density at radius 3 is 2.84 bits per heavy atom. The van der Waals surface area contributed by atoms with Crippen LogP contribution in [-0.4, -0.2) is 35.8 Å². The molecule has 106 valence electrons. The molecule has 0 radical (unpaired) electrons. The Balaban J connectivity index is 2.07. The lowest BCUT2D eigenvalue weighted by Crippen LogP contribution is -2.30. The largest absolute Gasteiger partial charge is 0.376 e. The molecule has 5 nitrogen and oxygen atoms in total. The molecule has 2 rings (SSSR count). The molecule has 0 aromatic carbocycles. The lowest BCUT2D eigenvalue weighted by molar-refractivity contribution is 0.0995. The monoisotopic (exact) mass is 264 g/mol. The molecule has 2 heterocycles. The Labute approximate surface area is 115 Å². The SMILES string of the molecule is CCCc1nc(NC)cc(NC(C)C2CCCO2)n1. The van der Waals surface area contributed by atoms with Gasteiger partial charge in [0.15, 0.2) is 0 Å². The van der Waals surface area contributed by atoms with Crippen molar-refractivity contribution < 1.29 is 4.74 Å². The van der Waals surface area contributed by atoms with Crippen LogP contribution in [0.4, 0.5) is 11.6 Å². The van der Waals surface area contributed by atoms with Crippen LogP contribution in [-0.2, 0) is 11.2 Å². The number of nitrogens with zero attached hydrogens (tertiary/aromatic N) is 2. The second kappa shape index (κ2) is 6.70. The minimum absolute atomic E-state index is 0.275.